The van der Waals surface area contributed by atoms with Crippen molar-refractivity contribution in [2.24, 2.45) is 0 Å². The number of carboxylic acids is 1. The van der Waals surface area contributed by atoms with Crippen molar-refractivity contribution in [1.82, 2.24) is 9.29 Å². The molecule has 3 aromatic rings. The lowest BCUT2D eigenvalue weighted by Crippen LogP contribution is -2.58. The molecule has 1 fully saturated rings. The van der Waals surface area contributed by atoms with Gasteiger partial charge in [0.1, 0.15) is 5.82 Å². The minimum atomic E-state index is -4.48. The number of benzene rings is 2. The number of hydrogen-bond donors (Lipinski definition) is 1. The maximum Gasteiger partial charge on any atom is 0.417 e. The van der Waals surface area contributed by atoms with E-state index in [-0.39, 0.29) is 24.0 Å². The summed E-state index contributed by atoms with van der Waals surface area (Å²) in [5.74, 6) is -0.763. The first-order valence-electron chi connectivity index (χ1n) is 15.8. The first-order valence-corrected chi connectivity index (χ1v) is 17.2. The molecule has 1 N–H and O–H groups in total. The Kier molecular flexibility index (Phi) is 9.43. The molecule has 1 aromatic heterocycles. The van der Waals surface area contributed by atoms with Crippen molar-refractivity contribution in [2.45, 2.75) is 87.4 Å². The average Bonchev–Trinajstić information content (AvgIpc) is 3.58. The molecule has 2 aliphatic carbocycles. The van der Waals surface area contributed by atoms with Gasteiger partial charge >= 0.3 is 18.1 Å². The Morgan fingerprint density at radius 1 is 0.917 bits per heavy atom. The number of methoxy groups -OCH3 is 1. The van der Waals surface area contributed by atoms with Crippen LogP contribution in [-0.2, 0) is 54.2 Å². The summed E-state index contributed by atoms with van der Waals surface area (Å²) in [5, 5.41) is 9.71. The van der Waals surface area contributed by atoms with Gasteiger partial charge < -0.3 is 14.7 Å². The summed E-state index contributed by atoms with van der Waals surface area (Å²) in [6.07, 6.45) is -0.888. The third-order valence-corrected chi connectivity index (χ3v) is 12.1. The molecule has 4 atom stereocenters. The Morgan fingerprint density at radius 2 is 1.52 bits per heavy atom. The Balaban J connectivity index is 0.000000267. The number of halogens is 3. The smallest absolute Gasteiger partial charge is 0.417 e. The fourth-order valence-electron chi connectivity index (χ4n) is 7.25. The quantitative estimate of drug-likeness (QED) is 0.338. The number of pyridine rings is 1. The summed E-state index contributed by atoms with van der Waals surface area (Å²) in [5.41, 5.74) is 1.36. The molecule has 1 saturated heterocycles. The Bertz CT molecular complexity index is 1800. The van der Waals surface area contributed by atoms with Crippen LogP contribution >= 0.6 is 0 Å². The summed E-state index contributed by atoms with van der Waals surface area (Å²) in [6.45, 7) is 7.54. The lowest BCUT2D eigenvalue weighted by Gasteiger charge is -2.43. The molecule has 2 heterocycles. The number of esters is 1. The maximum absolute atomic E-state index is 13.6. The molecule has 3 aliphatic rings. The van der Waals surface area contributed by atoms with Gasteiger partial charge in [0, 0.05) is 31.4 Å². The first kappa shape index (κ1) is 35.3. The Labute approximate surface area is 278 Å². The SMILES string of the molecule is COC(=O)C1(C)CCc2ccccc21.C[C@@H]1CN(c2ccc(C(F)(F)F)cn2)C[C@H](C)N1S(=O)(=O)c1ccc2c(c1)C(C)(C(=O)O)CC2. The number of fused-ring (bicyclic) bond motifs is 2. The van der Waals surface area contributed by atoms with Crippen LogP contribution in [0.4, 0.5) is 19.0 Å². The van der Waals surface area contributed by atoms with Gasteiger partial charge in [-0.3, -0.25) is 9.59 Å². The van der Waals surface area contributed by atoms with Crippen LogP contribution in [0.25, 0.3) is 0 Å². The van der Waals surface area contributed by atoms with Gasteiger partial charge in [0.25, 0.3) is 0 Å². The van der Waals surface area contributed by atoms with Gasteiger partial charge in [-0.1, -0.05) is 30.3 Å². The lowest BCUT2D eigenvalue weighted by molar-refractivity contribution is -0.147. The van der Waals surface area contributed by atoms with Crippen LogP contribution in [0.5, 0.6) is 0 Å². The fourth-order valence-corrected chi connectivity index (χ4v) is 9.08. The van der Waals surface area contributed by atoms with Gasteiger partial charge in [0.05, 0.1) is 28.4 Å². The number of carbonyl (C=O) groups excluding carboxylic acids is 1. The van der Waals surface area contributed by atoms with Gasteiger partial charge in [-0.15, -0.1) is 0 Å². The number of aromatic nitrogens is 1. The normalized spacial score (nSPS) is 25.5. The first-order chi connectivity index (χ1) is 22.4. The van der Waals surface area contributed by atoms with Crippen molar-refractivity contribution >= 4 is 27.8 Å². The molecule has 0 bridgehead atoms. The van der Waals surface area contributed by atoms with Gasteiger partial charge in [-0.25, -0.2) is 13.4 Å². The summed E-state index contributed by atoms with van der Waals surface area (Å²) >= 11 is 0. The van der Waals surface area contributed by atoms with E-state index in [4.69, 9.17) is 4.74 Å². The van der Waals surface area contributed by atoms with Crippen molar-refractivity contribution in [3.8, 4) is 0 Å². The molecule has 1 aliphatic heterocycles. The molecule has 0 radical (unpaired) electrons. The number of ether oxygens (including phenoxy) is 1. The third kappa shape index (κ3) is 6.29. The number of carbonyl (C=O) groups is 2. The van der Waals surface area contributed by atoms with Crippen molar-refractivity contribution in [3.63, 3.8) is 0 Å². The minimum Gasteiger partial charge on any atom is -0.481 e. The van der Waals surface area contributed by atoms with Crippen LogP contribution in [0.15, 0.2) is 65.7 Å². The Hall–Kier alpha value is -3.97. The Morgan fingerprint density at radius 3 is 2.08 bits per heavy atom. The molecule has 13 heteroatoms. The third-order valence-electron chi connectivity index (χ3n) is 10.00. The molecule has 2 aromatic carbocycles. The molecular formula is C35H40F3N3O6S. The predicted octanol–water partition coefficient (Wildman–Crippen LogP) is 5.74. The number of alkyl halides is 3. The second-order valence-corrected chi connectivity index (χ2v) is 15.1. The number of anilines is 1. The highest BCUT2D eigenvalue weighted by atomic mass is 32.2. The standard InChI is InChI=1S/C23H26F3N3O4S.C12H14O2/c1-14-12-28(20-7-5-17(11-27-20)23(24,25)26)13-15(2)29(14)34(32,33)18-6-4-16-8-9-22(3,21(30)31)19(16)10-18;1-12(11(13)14-2)8-7-9-5-3-4-6-10(9)12/h4-7,10-11,14-15H,8-9,12-13H2,1-3H3,(H,30,31);3-6H,7-8H2,1-2H3/t14-,15+,22?;. The number of nitrogens with zero attached hydrogens (tertiary/aromatic N) is 3. The molecule has 2 unspecified atom stereocenters. The van der Waals surface area contributed by atoms with E-state index in [1.54, 1.807) is 31.7 Å². The average molecular weight is 688 g/mol. The molecule has 48 heavy (non-hydrogen) atoms. The van der Waals surface area contributed by atoms with Crippen LogP contribution in [0.2, 0.25) is 0 Å². The van der Waals surface area contributed by atoms with Crippen LogP contribution in [0.1, 0.15) is 68.4 Å². The van der Waals surface area contributed by atoms with Crippen LogP contribution in [0.3, 0.4) is 0 Å². The maximum atomic E-state index is 13.6. The summed E-state index contributed by atoms with van der Waals surface area (Å²) in [7, 11) is -2.49. The van der Waals surface area contributed by atoms with Crippen molar-refractivity contribution in [3.05, 3.63) is 88.6 Å². The van der Waals surface area contributed by atoms with Crippen molar-refractivity contribution in [2.75, 3.05) is 25.1 Å². The molecule has 6 rings (SSSR count). The van der Waals surface area contributed by atoms with E-state index in [1.807, 2.05) is 25.1 Å². The van der Waals surface area contributed by atoms with Crippen LogP contribution in [0, 0.1) is 0 Å². The predicted molar refractivity (Wildman–Crippen MR) is 173 cm³/mol. The van der Waals surface area contributed by atoms with E-state index in [2.05, 4.69) is 11.1 Å². The number of sulfonamides is 1. The second-order valence-electron chi connectivity index (χ2n) is 13.3. The molecule has 0 amide bonds. The topological polar surface area (TPSA) is 117 Å². The molecule has 258 valence electrons. The number of piperazine rings is 1. The number of hydrogen-bond acceptors (Lipinski definition) is 7. The second kappa shape index (κ2) is 12.8. The highest BCUT2D eigenvalue weighted by Crippen LogP contribution is 2.41. The van der Waals surface area contributed by atoms with Crippen LogP contribution < -0.4 is 4.90 Å². The van der Waals surface area contributed by atoms with E-state index in [9.17, 15) is 36.3 Å². The van der Waals surface area contributed by atoms with Gasteiger partial charge in [-0.2, -0.15) is 17.5 Å². The molecule has 9 nitrogen and oxygen atoms in total. The van der Waals surface area contributed by atoms with Gasteiger partial charge in [0.15, 0.2) is 0 Å². The fraction of sp³-hybridized carbons (Fsp3) is 0.457. The van der Waals surface area contributed by atoms with Gasteiger partial charge in [-0.05, 0) is 99.9 Å². The van der Waals surface area contributed by atoms with Crippen LogP contribution in [-0.4, -0.2) is 67.0 Å². The van der Waals surface area contributed by atoms with Gasteiger partial charge in [0.2, 0.25) is 10.0 Å². The number of aliphatic carboxylic acids is 1. The molecular weight excluding hydrogens is 647 g/mol. The van der Waals surface area contributed by atoms with Crippen molar-refractivity contribution < 1.29 is 41.0 Å². The zero-order chi connectivity index (χ0) is 35.2. The molecule has 0 saturated carbocycles. The highest BCUT2D eigenvalue weighted by Gasteiger charge is 2.44. The lowest BCUT2D eigenvalue weighted by atomic mass is 9.84. The van der Waals surface area contributed by atoms with E-state index < -0.39 is 50.6 Å². The number of carboxylic acid groups (broad SMARTS) is 1. The van der Waals surface area contributed by atoms with Crippen molar-refractivity contribution in [1.29, 1.82) is 0 Å². The van der Waals surface area contributed by atoms with E-state index in [0.29, 0.717) is 24.2 Å². The zero-order valence-corrected chi connectivity index (χ0v) is 28.4. The summed E-state index contributed by atoms with van der Waals surface area (Å²) < 4.78 is 72.0. The number of aryl methyl sites for hydroxylation is 2. The van der Waals surface area contributed by atoms with E-state index in [1.165, 1.54) is 35.2 Å². The summed E-state index contributed by atoms with van der Waals surface area (Å²) in [4.78, 5) is 29.3. The summed E-state index contributed by atoms with van der Waals surface area (Å²) in [6, 6.07) is 14.1. The van der Waals surface area contributed by atoms with E-state index in [0.717, 1.165) is 36.2 Å². The van der Waals surface area contributed by atoms with E-state index >= 15 is 0 Å². The minimum absolute atomic E-state index is 0.0421. The molecule has 0 spiro atoms. The highest BCUT2D eigenvalue weighted by molar-refractivity contribution is 7.89. The number of rotatable bonds is 5. The zero-order valence-electron chi connectivity index (χ0n) is 27.5. The largest absolute Gasteiger partial charge is 0.481 e. The monoisotopic (exact) mass is 687 g/mol.